The molecule has 4 nitrogen and oxygen atoms in total. The van der Waals surface area contributed by atoms with Crippen LogP contribution in [0.2, 0.25) is 0 Å². The van der Waals surface area contributed by atoms with Crippen molar-refractivity contribution in [2.24, 2.45) is 0 Å². The Kier molecular flexibility index (Phi) is 6.48. The van der Waals surface area contributed by atoms with E-state index in [9.17, 15) is 4.79 Å². The monoisotopic (exact) mass is 404 g/mol. The highest BCUT2D eigenvalue weighted by molar-refractivity contribution is 9.09. The van der Waals surface area contributed by atoms with Gasteiger partial charge in [-0.3, -0.25) is 4.79 Å². The molecule has 0 bridgehead atoms. The molecule has 2 aromatic rings. The quantitative estimate of drug-likeness (QED) is 0.499. The third kappa shape index (κ3) is 5.06. The average Bonchev–Trinajstić information content (AvgIpc) is 2.68. The number of ether oxygens (including phenoxy) is 3. The van der Waals surface area contributed by atoms with Gasteiger partial charge in [0.05, 0.1) is 13.2 Å². The maximum absolute atomic E-state index is 12.6. The van der Waals surface area contributed by atoms with Crippen LogP contribution in [-0.2, 0) is 4.74 Å². The largest absolute Gasteiger partial charge is 0.493 e. The molecule has 2 aromatic carbocycles. The molecule has 0 N–H and O–H groups in total. The molecule has 0 radical (unpaired) electrons. The molecule has 1 atom stereocenters. The predicted molar refractivity (Wildman–Crippen MR) is 99.8 cm³/mol. The average molecular weight is 405 g/mol. The van der Waals surface area contributed by atoms with Crippen LogP contribution in [0.4, 0.5) is 0 Å². The Balaban J connectivity index is 1.61. The summed E-state index contributed by atoms with van der Waals surface area (Å²) >= 11 is 3.31. The zero-order valence-corrected chi connectivity index (χ0v) is 15.5. The Morgan fingerprint density at radius 3 is 2.20 bits per heavy atom. The lowest BCUT2D eigenvalue weighted by Crippen LogP contribution is -2.24. The highest BCUT2D eigenvalue weighted by Crippen LogP contribution is 2.21. The van der Waals surface area contributed by atoms with Crippen LogP contribution in [0.5, 0.6) is 11.5 Å². The second-order valence-electron chi connectivity index (χ2n) is 5.83. The van der Waals surface area contributed by atoms with Gasteiger partial charge in [-0.05, 0) is 61.4 Å². The van der Waals surface area contributed by atoms with Crippen LogP contribution >= 0.6 is 15.9 Å². The van der Waals surface area contributed by atoms with Crippen molar-refractivity contribution >= 4 is 21.7 Å². The standard InChI is InChI=1S/C20H21BrO4/c21-12-14-23-17-8-4-15(5-9-17)20(22)16-6-10-18(11-7-16)25-19-3-1-2-13-24-19/h4-11,19H,1-3,12-14H2/t19-/m0/s1. The van der Waals surface area contributed by atoms with Gasteiger partial charge in [-0.25, -0.2) is 0 Å². The highest BCUT2D eigenvalue weighted by atomic mass is 79.9. The number of alkyl halides is 1. The van der Waals surface area contributed by atoms with Crippen LogP contribution in [0, 0.1) is 0 Å². The van der Waals surface area contributed by atoms with E-state index >= 15 is 0 Å². The Hall–Kier alpha value is -1.85. The van der Waals surface area contributed by atoms with Gasteiger partial charge in [0.15, 0.2) is 12.1 Å². The zero-order valence-electron chi connectivity index (χ0n) is 13.9. The first kappa shape index (κ1) is 18.0. The molecule has 0 unspecified atom stereocenters. The van der Waals surface area contributed by atoms with Gasteiger partial charge in [0.1, 0.15) is 11.5 Å². The summed E-state index contributed by atoms with van der Waals surface area (Å²) in [5.74, 6) is 1.46. The van der Waals surface area contributed by atoms with Crippen LogP contribution in [0.25, 0.3) is 0 Å². The molecule has 25 heavy (non-hydrogen) atoms. The first-order valence-electron chi connectivity index (χ1n) is 8.48. The molecule has 3 rings (SSSR count). The Bertz CT molecular complexity index is 676. The molecular weight excluding hydrogens is 384 g/mol. The normalized spacial score (nSPS) is 17.1. The van der Waals surface area contributed by atoms with Crippen molar-refractivity contribution in [2.45, 2.75) is 25.6 Å². The summed E-state index contributed by atoms with van der Waals surface area (Å²) in [5.41, 5.74) is 1.27. The lowest BCUT2D eigenvalue weighted by atomic mass is 10.0. The number of hydrogen-bond donors (Lipinski definition) is 0. The molecular formula is C20H21BrO4. The predicted octanol–water partition coefficient (Wildman–Crippen LogP) is 4.60. The molecule has 1 heterocycles. The second-order valence-corrected chi connectivity index (χ2v) is 6.62. The summed E-state index contributed by atoms with van der Waals surface area (Å²) in [4.78, 5) is 12.6. The first-order chi connectivity index (χ1) is 12.3. The summed E-state index contributed by atoms with van der Waals surface area (Å²) in [5, 5.41) is 0.772. The molecule has 1 aliphatic rings. The number of carbonyl (C=O) groups is 1. The number of carbonyl (C=O) groups excluding carboxylic acids is 1. The lowest BCUT2D eigenvalue weighted by Gasteiger charge is -2.23. The SMILES string of the molecule is O=C(c1ccc(OCCBr)cc1)c1ccc(O[C@H]2CCCCO2)cc1. The minimum atomic E-state index is -0.178. The van der Waals surface area contributed by atoms with Crippen LogP contribution in [0.15, 0.2) is 48.5 Å². The zero-order chi connectivity index (χ0) is 17.5. The van der Waals surface area contributed by atoms with Gasteiger partial charge in [-0.2, -0.15) is 0 Å². The number of hydrogen-bond acceptors (Lipinski definition) is 4. The van der Waals surface area contributed by atoms with Gasteiger partial charge in [0.25, 0.3) is 0 Å². The first-order valence-corrected chi connectivity index (χ1v) is 9.60. The topological polar surface area (TPSA) is 44.8 Å². The molecule has 1 saturated heterocycles. The molecule has 0 aliphatic carbocycles. The van der Waals surface area contributed by atoms with Crippen molar-refractivity contribution in [3.05, 3.63) is 59.7 Å². The van der Waals surface area contributed by atoms with Gasteiger partial charge in [0.2, 0.25) is 0 Å². The minimum Gasteiger partial charge on any atom is -0.493 e. The van der Waals surface area contributed by atoms with Crippen LogP contribution in [0.1, 0.15) is 35.2 Å². The fourth-order valence-corrected chi connectivity index (χ4v) is 2.83. The van der Waals surface area contributed by atoms with Crippen molar-refractivity contribution in [1.82, 2.24) is 0 Å². The fraction of sp³-hybridized carbons (Fsp3) is 0.350. The molecule has 0 aromatic heterocycles. The molecule has 0 amide bonds. The molecule has 5 heteroatoms. The van der Waals surface area contributed by atoms with Crippen molar-refractivity contribution in [3.63, 3.8) is 0 Å². The molecule has 1 fully saturated rings. The van der Waals surface area contributed by atoms with Crippen LogP contribution in [-0.4, -0.2) is 30.6 Å². The van der Waals surface area contributed by atoms with Gasteiger partial charge in [-0.1, -0.05) is 15.9 Å². The van der Waals surface area contributed by atoms with Gasteiger partial charge < -0.3 is 14.2 Å². The Labute approximate surface area is 156 Å². The number of rotatable bonds is 7. The van der Waals surface area contributed by atoms with Crippen LogP contribution < -0.4 is 9.47 Å². The number of benzene rings is 2. The smallest absolute Gasteiger partial charge is 0.199 e. The van der Waals surface area contributed by atoms with Gasteiger partial charge in [-0.15, -0.1) is 0 Å². The van der Waals surface area contributed by atoms with E-state index < -0.39 is 0 Å². The van der Waals surface area contributed by atoms with E-state index in [1.807, 2.05) is 24.3 Å². The van der Waals surface area contributed by atoms with Crippen molar-refractivity contribution in [2.75, 3.05) is 18.5 Å². The number of ketones is 1. The van der Waals surface area contributed by atoms with Crippen LogP contribution in [0.3, 0.4) is 0 Å². The third-order valence-corrected chi connectivity index (χ3v) is 4.31. The molecule has 0 spiro atoms. The van der Waals surface area contributed by atoms with E-state index in [0.29, 0.717) is 17.7 Å². The second kappa shape index (κ2) is 9.02. The molecule has 0 saturated carbocycles. The summed E-state index contributed by atoms with van der Waals surface area (Å²) in [6.07, 6.45) is 2.94. The minimum absolute atomic E-state index is 0.0208. The van der Waals surface area contributed by atoms with Crippen molar-refractivity contribution in [1.29, 1.82) is 0 Å². The van der Waals surface area contributed by atoms with Gasteiger partial charge in [0, 0.05) is 22.9 Å². The van der Waals surface area contributed by atoms with Crippen molar-refractivity contribution < 1.29 is 19.0 Å². The van der Waals surface area contributed by atoms with E-state index in [2.05, 4.69) is 15.9 Å². The maximum Gasteiger partial charge on any atom is 0.199 e. The van der Waals surface area contributed by atoms with Gasteiger partial charge >= 0.3 is 0 Å². The lowest BCUT2D eigenvalue weighted by molar-refractivity contribution is -0.105. The fourth-order valence-electron chi connectivity index (χ4n) is 2.67. The maximum atomic E-state index is 12.6. The Morgan fingerprint density at radius 1 is 1.00 bits per heavy atom. The van der Waals surface area contributed by atoms with E-state index in [4.69, 9.17) is 14.2 Å². The number of halogens is 1. The third-order valence-electron chi connectivity index (χ3n) is 3.98. The summed E-state index contributed by atoms with van der Waals surface area (Å²) in [6, 6.07) is 14.4. The summed E-state index contributed by atoms with van der Waals surface area (Å²) in [6.45, 7) is 1.34. The van der Waals surface area contributed by atoms with E-state index in [1.54, 1.807) is 24.3 Å². The van der Waals surface area contributed by atoms with E-state index in [1.165, 1.54) is 0 Å². The summed E-state index contributed by atoms with van der Waals surface area (Å²) < 4.78 is 16.9. The highest BCUT2D eigenvalue weighted by Gasteiger charge is 2.15. The summed E-state index contributed by atoms with van der Waals surface area (Å²) in [7, 11) is 0. The Morgan fingerprint density at radius 2 is 1.64 bits per heavy atom. The van der Waals surface area contributed by atoms with Crippen molar-refractivity contribution in [3.8, 4) is 11.5 Å². The van der Waals surface area contributed by atoms with E-state index in [0.717, 1.165) is 42.7 Å². The molecule has 132 valence electrons. The molecule has 1 aliphatic heterocycles. The van der Waals surface area contributed by atoms with E-state index in [-0.39, 0.29) is 12.1 Å².